The van der Waals surface area contributed by atoms with Crippen molar-refractivity contribution >= 4 is 28.7 Å². The number of anilines is 3. The van der Waals surface area contributed by atoms with E-state index in [9.17, 15) is 0 Å². The van der Waals surface area contributed by atoms with Gasteiger partial charge in [0.15, 0.2) is 0 Å². The first-order chi connectivity index (χ1) is 7.56. The summed E-state index contributed by atoms with van der Waals surface area (Å²) in [5, 5.41) is 7.87. The lowest BCUT2D eigenvalue weighted by atomic mass is 10.2. The molecule has 2 aromatic rings. The minimum absolute atomic E-state index is 0.553. The summed E-state index contributed by atoms with van der Waals surface area (Å²) in [6.07, 6.45) is 3.65. The molecule has 0 aliphatic rings. The van der Waals surface area contributed by atoms with Crippen molar-refractivity contribution in [2.24, 2.45) is 7.05 Å². The first-order valence-corrected chi connectivity index (χ1v) is 5.25. The van der Waals surface area contributed by atoms with Gasteiger partial charge in [-0.05, 0) is 24.6 Å². The Hall–Kier alpha value is -1.68. The zero-order valence-electron chi connectivity index (χ0n) is 9.16. The van der Waals surface area contributed by atoms with Crippen LogP contribution in [0.3, 0.4) is 0 Å². The molecule has 1 aromatic carbocycles. The van der Waals surface area contributed by atoms with E-state index in [2.05, 4.69) is 10.4 Å². The number of nitrogens with two attached hydrogens (primary N) is 1. The molecule has 0 atom stereocenters. The van der Waals surface area contributed by atoms with Crippen LogP contribution >= 0.6 is 11.6 Å². The third-order valence-electron chi connectivity index (χ3n) is 2.33. The predicted octanol–water partition coefficient (Wildman–Crippen LogP) is 2.71. The van der Waals surface area contributed by atoms with Gasteiger partial charge in [0.2, 0.25) is 0 Å². The topological polar surface area (TPSA) is 55.9 Å². The molecule has 0 saturated carbocycles. The van der Waals surface area contributed by atoms with Gasteiger partial charge < -0.3 is 11.1 Å². The van der Waals surface area contributed by atoms with Gasteiger partial charge in [0.1, 0.15) is 0 Å². The van der Waals surface area contributed by atoms with Gasteiger partial charge in [-0.25, -0.2) is 0 Å². The van der Waals surface area contributed by atoms with E-state index in [1.54, 1.807) is 10.9 Å². The van der Waals surface area contributed by atoms with E-state index < -0.39 is 0 Å². The number of benzene rings is 1. The molecule has 0 radical (unpaired) electrons. The first kappa shape index (κ1) is 10.8. The Morgan fingerprint density at radius 3 is 2.81 bits per heavy atom. The van der Waals surface area contributed by atoms with Crippen LogP contribution in [0.15, 0.2) is 24.5 Å². The molecular formula is C11H13ClN4. The van der Waals surface area contributed by atoms with Crippen LogP contribution in [-0.4, -0.2) is 9.78 Å². The monoisotopic (exact) mass is 236 g/mol. The molecule has 0 spiro atoms. The molecule has 0 fully saturated rings. The minimum atomic E-state index is 0.553. The highest BCUT2D eigenvalue weighted by Gasteiger charge is 2.04. The summed E-state index contributed by atoms with van der Waals surface area (Å²) in [4.78, 5) is 0. The maximum Gasteiger partial charge on any atom is 0.0770 e. The van der Waals surface area contributed by atoms with E-state index in [0.717, 1.165) is 16.9 Å². The van der Waals surface area contributed by atoms with E-state index >= 15 is 0 Å². The molecule has 0 saturated heterocycles. The van der Waals surface area contributed by atoms with Crippen LogP contribution in [0.25, 0.3) is 0 Å². The molecule has 0 aliphatic carbocycles. The van der Waals surface area contributed by atoms with E-state index in [4.69, 9.17) is 17.3 Å². The molecular weight excluding hydrogens is 224 g/mol. The van der Waals surface area contributed by atoms with Crippen molar-refractivity contribution in [3.05, 3.63) is 35.1 Å². The van der Waals surface area contributed by atoms with Crippen molar-refractivity contribution in [1.82, 2.24) is 9.78 Å². The second-order valence-corrected chi connectivity index (χ2v) is 4.12. The Bertz CT molecular complexity index is 519. The average molecular weight is 237 g/mol. The molecule has 2 rings (SSSR count). The summed E-state index contributed by atoms with van der Waals surface area (Å²) in [6.45, 7) is 1.98. The maximum absolute atomic E-state index is 5.97. The third-order valence-corrected chi connectivity index (χ3v) is 2.65. The Balaban J connectivity index is 2.31. The number of aryl methyl sites for hydroxylation is 2. The van der Waals surface area contributed by atoms with Crippen molar-refractivity contribution < 1.29 is 0 Å². The van der Waals surface area contributed by atoms with Gasteiger partial charge in [-0.1, -0.05) is 11.6 Å². The fourth-order valence-electron chi connectivity index (χ4n) is 1.48. The summed E-state index contributed by atoms with van der Waals surface area (Å²) >= 11 is 5.97. The van der Waals surface area contributed by atoms with Crippen LogP contribution in [0, 0.1) is 6.92 Å². The quantitative estimate of drug-likeness (QED) is 0.789. The Morgan fingerprint density at radius 2 is 2.19 bits per heavy atom. The van der Waals surface area contributed by atoms with Crippen LogP contribution in [0.5, 0.6) is 0 Å². The molecule has 16 heavy (non-hydrogen) atoms. The number of hydrogen-bond acceptors (Lipinski definition) is 3. The van der Waals surface area contributed by atoms with Crippen molar-refractivity contribution in [1.29, 1.82) is 0 Å². The number of aromatic nitrogens is 2. The molecule has 4 nitrogen and oxygen atoms in total. The molecule has 0 bridgehead atoms. The first-order valence-electron chi connectivity index (χ1n) is 4.87. The molecule has 84 valence electrons. The van der Waals surface area contributed by atoms with E-state index in [-0.39, 0.29) is 0 Å². The fourth-order valence-corrected chi connectivity index (χ4v) is 1.64. The standard InChI is InChI=1S/C11H13ClN4/c1-7-3-10(13)9(12)4-11(7)15-8-5-14-16(2)6-8/h3-6,15H,13H2,1-2H3. The highest BCUT2D eigenvalue weighted by atomic mass is 35.5. The SMILES string of the molecule is Cc1cc(N)c(Cl)cc1Nc1cnn(C)c1. The summed E-state index contributed by atoms with van der Waals surface area (Å²) < 4.78 is 1.73. The second kappa shape index (κ2) is 4.06. The predicted molar refractivity (Wildman–Crippen MR) is 67.1 cm³/mol. The number of halogens is 1. The number of nitrogens with one attached hydrogen (secondary N) is 1. The smallest absolute Gasteiger partial charge is 0.0770 e. The lowest BCUT2D eigenvalue weighted by Gasteiger charge is -2.09. The molecule has 3 N–H and O–H groups in total. The molecule has 0 amide bonds. The zero-order valence-corrected chi connectivity index (χ0v) is 9.92. The van der Waals surface area contributed by atoms with Crippen LogP contribution in [-0.2, 0) is 7.05 Å². The molecule has 1 heterocycles. The van der Waals surface area contributed by atoms with E-state index in [0.29, 0.717) is 10.7 Å². The van der Waals surface area contributed by atoms with Crippen LogP contribution in [0.4, 0.5) is 17.1 Å². The lowest BCUT2D eigenvalue weighted by molar-refractivity contribution is 0.768. The van der Waals surface area contributed by atoms with Gasteiger partial charge >= 0.3 is 0 Å². The largest absolute Gasteiger partial charge is 0.398 e. The van der Waals surface area contributed by atoms with Crippen molar-refractivity contribution in [2.45, 2.75) is 6.92 Å². The molecule has 0 aliphatic heterocycles. The van der Waals surface area contributed by atoms with Crippen LogP contribution in [0.2, 0.25) is 5.02 Å². The molecule has 1 aromatic heterocycles. The summed E-state index contributed by atoms with van der Waals surface area (Å²) in [6, 6.07) is 3.67. The van der Waals surface area contributed by atoms with Crippen molar-refractivity contribution in [3.8, 4) is 0 Å². The summed E-state index contributed by atoms with van der Waals surface area (Å²) in [5.74, 6) is 0. The highest BCUT2D eigenvalue weighted by Crippen LogP contribution is 2.28. The highest BCUT2D eigenvalue weighted by molar-refractivity contribution is 6.33. The van der Waals surface area contributed by atoms with Gasteiger partial charge in [-0.15, -0.1) is 0 Å². The van der Waals surface area contributed by atoms with Crippen LogP contribution < -0.4 is 11.1 Å². The Morgan fingerprint density at radius 1 is 1.44 bits per heavy atom. The summed E-state index contributed by atoms with van der Waals surface area (Å²) in [5.41, 5.74) is 9.21. The Kier molecular flexibility index (Phi) is 2.75. The van der Waals surface area contributed by atoms with Crippen molar-refractivity contribution in [2.75, 3.05) is 11.1 Å². The van der Waals surface area contributed by atoms with Crippen molar-refractivity contribution in [3.63, 3.8) is 0 Å². The molecule has 0 unspecified atom stereocenters. The van der Waals surface area contributed by atoms with E-state index in [1.165, 1.54) is 0 Å². The number of nitrogen functional groups attached to an aromatic ring is 1. The Labute approximate surface area is 99.0 Å². The normalized spacial score (nSPS) is 10.4. The maximum atomic E-state index is 5.97. The average Bonchev–Trinajstić information content (AvgIpc) is 2.60. The van der Waals surface area contributed by atoms with Gasteiger partial charge in [0.25, 0.3) is 0 Å². The van der Waals surface area contributed by atoms with Gasteiger partial charge in [0.05, 0.1) is 22.6 Å². The summed E-state index contributed by atoms with van der Waals surface area (Å²) in [7, 11) is 1.87. The van der Waals surface area contributed by atoms with Gasteiger partial charge in [-0.2, -0.15) is 5.10 Å². The number of nitrogens with zero attached hydrogens (tertiary/aromatic N) is 2. The zero-order chi connectivity index (χ0) is 11.7. The van der Waals surface area contributed by atoms with Gasteiger partial charge in [0, 0.05) is 18.9 Å². The lowest BCUT2D eigenvalue weighted by Crippen LogP contribution is -1.95. The van der Waals surface area contributed by atoms with Gasteiger partial charge in [-0.3, -0.25) is 4.68 Å². The second-order valence-electron chi connectivity index (χ2n) is 3.72. The van der Waals surface area contributed by atoms with E-state index in [1.807, 2.05) is 32.3 Å². The minimum Gasteiger partial charge on any atom is -0.398 e. The number of hydrogen-bond donors (Lipinski definition) is 2. The molecule has 5 heteroatoms. The third kappa shape index (κ3) is 2.12. The van der Waals surface area contributed by atoms with Crippen LogP contribution in [0.1, 0.15) is 5.56 Å². The number of rotatable bonds is 2. The fraction of sp³-hybridized carbons (Fsp3) is 0.182.